The molecule has 2 aromatic rings. The van der Waals surface area contributed by atoms with E-state index in [1.54, 1.807) is 6.20 Å². The van der Waals surface area contributed by atoms with Crippen molar-refractivity contribution in [3.05, 3.63) is 30.5 Å². The Labute approximate surface area is 126 Å². The van der Waals surface area contributed by atoms with Crippen molar-refractivity contribution >= 4 is 33.3 Å². The number of benzene rings is 1. The summed E-state index contributed by atoms with van der Waals surface area (Å²) in [7, 11) is -1.00. The van der Waals surface area contributed by atoms with Gasteiger partial charge in [-0.1, -0.05) is 19.9 Å². The number of carbonyl (C=O) groups is 1. The Balaban J connectivity index is 1.87. The smallest absolute Gasteiger partial charge is 0.228 e. The number of hydrogen-bond acceptors (Lipinski definition) is 3. The molecule has 1 saturated carbocycles. The highest BCUT2D eigenvalue weighted by Gasteiger charge is 2.29. The molecule has 1 heterocycles. The number of carbonyl (C=O) groups excluding carboxylic acids is 1. The molecule has 5 heteroatoms. The molecule has 1 N–H and O–H groups in total. The van der Waals surface area contributed by atoms with E-state index in [9.17, 15) is 9.00 Å². The maximum atomic E-state index is 12.1. The van der Waals surface area contributed by atoms with Gasteiger partial charge in [0.25, 0.3) is 0 Å². The molecule has 110 valence electrons. The lowest BCUT2D eigenvalue weighted by Crippen LogP contribution is -2.14. The van der Waals surface area contributed by atoms with Crippen molar-refractivity contribution in [3.8, 4) is 0 Å². The van der Waals surface area contributed by atoms with Gasteiger partial charge in [-0.05, 0) is 36.4 Å². The summed E-state index contributed by atoms with van der Waals surface area (Å²) in [4.78, 5) is 16.8. The van der Waals surface area contributed by atoms with Crippen LogP contribution in [0.25, 0.3) is 10.8 Å². The number of hydrogen-bond donors (Lipinski definition) is 1. The van der Waals surface area contributed by atoms with E-state index in [0.29, 0.717) is 5.82 Å². The first-order valence-electron chi connectivity index (χ1n) is 7.16. The van der Waals surface area contributed by atoms with Crippen LogP contribution in [0.4, 0.5) is 5.82 Å². The van der Waals surface area contributed by atoms with E-state index in [2.05, 4.69) is 10.3 Å². The summed E-state index contributed by atoms with van der Waals surface area (Å²) in [5.41, 5.74) is 0. The fourth-order valence-electron chi connectivity index (χ4n) is 2.16. The Morgan fingerprint density at radius 1 is 1.29 bits per heavy atom. The molecule has 1 aliphatic rings. The summed E-state index contributed by atoms with van der Waals surface area (Å²) in [6.07, 6.45) is 3.67. The summed E-state index contributed by atoms with van der Waals surface area (Å²) < 4.78 is 12.1. The van der Waals surface area contributed by atoms with E-state index in [1.807, 2.05) is 38.1 Å². The molecule has 3 rings (SSSR count). The Kier molecular flexibility index (Phi) is 3.76. The highest BCUT2D eigenvalue weighted by atomic mass is 32.2. The molecule has 0 saturated heterocycles. The Hall–Kier alpha value is -1.75. The maximum absolute atomic E-state index is 12.1. The second-order valence-electron chi connectivity index (χ2n) is 5.69. The average Bonchev–Trinajstić information content (AvgIpc) is 3.30. The maximum Gasteiger partial charge on any atom is 0.228 e. The van der Waals surface area contributed by atoms with Crippen LogP contribution in [0.3, 0.4) is 0 Å². The zero-order valence-corrected chi connectivity index (χ0v) is 12.9. The molecule has 0 bridgehead atoms. The predicted molar refractivity (Wildman–Crippen MR) is 84.6 cm³/mol. The SMILES string of the molecule is CC(C)S(=O)c1ccc2cc(NC(=O)C3CC3)ncc2c1. The van der Waals surface area contributed by atoms with Gasteiger partial charge < -0.3 is 5.32 Å². The van der Waals surface area contributed by atoms with Gasteiger partial charge in [0.05, 0.1) is 10.8 Å². The minimum atomic E-state index is -1.00. The molecule has 1 aromatic carbocycles. The van der Waals surface area contributed by atoms with Crippen LogP contribution in [0.15, 0.2) is 35.4 Å². The monoisotopic (exact) mass is 302 g/mol. The molecule has 1 unspecified atom stereocenters. The van der Waals surface area contributed by atoms with Crippen molar-refractivity contribution in [1.82, 2.24) is 4.98 Å². The van der Waals surface area contributed by atoms with Crippen molar-refractivity contribution in [2.75, 3.05) is 5.32 Å². The van der Waals surface area contributed by atoms with Crippen molar-refractivity contribution in [1.29, 1.82) is 0 Å². The Morgan fingerprint density at radius 2 is 2.05 bits per heavy atom. The van der Waals surface area contributed by atoms with Gasteiger partial charge in [-0.3, -0.25) is 9.00 Å². The van der Waals surface area contributed by atoms with E-state index < -0.39 is 10.8 Å². The van der Waals surface area contributed by atoms with Crippen molar-refractivity contribution in [2.24, 2.45) is 5.92 Å². The molecule has 1 fully saturated rings. The first-order valence-corrected chi connectivity index (χ1v) is 8.37. The molecule has 0 aliphatic heterocycles. The minimum Gasteiger partial charge on any atom is -0.310 e. The predicted octanol–water partition coefficient (Wildman–Crippen LogP) is 3.10. The first kappa shape index (κ1) is 14.2. The van der Waals surface area contributed by atoms with Gasteiger partial charge in [0.2, 0.25) is 5.91 Å². The van der Waals surface area contributed by atoms with Crippen LogP contribution >= 0.6 is 0 Å². The van der Waals surface area contributed by atoms with E-state index in [0.717, 1.165) is 28.5 Å². The fraction of sp³-hybridized carbons (Fsp3) is 0.375. The van der Waals surface area contributed by atoms with Gasteiger partial charge in [0.15, 0.2) is 0 Å². The Morgan fingerprint density at radius 3 is 2.71 bits per heavy atom. The van der Waals surface area contributed by atoms with Crippen molar-refractivity contribution < 1.29 is 9.00 Å². The van der Waals surface area contributed by atoms with Gasteiger partial charge in [-0.15, -0.1) is 0 Å². The summed E-state index contributed by atoms with van der Waals surface area (Å²) in [6, 6.07) is 7.58. The summed E-state index contributed by atoms with van der Waals surface area (Å²) in [6.45, 7) is 3.88. The minimum absolute atomic E-state index is 0.0550. The topological polar surface area (TPSA) is 59.1 Å². The molecule has 0 spiro atoms. The molecule has 1 aromatic heterocycles. The van der Waals surface area contributed by atoms with E-state index in [4.69, 9.17) is 0 Å². The lowest BCUT2D eigenvalue weighted by Gasteiger charge is -2.08. The van der Waals surface area contributed by atoms with Gasteiger partial charge >= 0.3 is 0 Å². The molecule has 4 nitrogen and oxygen atoms in total. The Bertz CT molecular complexity index is 723. The molecular formula is C16H18N2O2S. The third-order valence-corrected chi connectivity index (χ3v) is 5.13. The van der Waals surface area contributed by atoms with Crippen LogP contribution in [0.5, 0.6) is 0 Å². The van der Waals surface area contributed by atoms with Gasteiger partial charge in [-0.25, -0.2) is 4.98 Å². The van der Waals surface area contributed by atoms with Crippen molar-refractivity contribution in [3.63, 3.8) is 0 Å². The molecule has 1 atom stereocenters. The lowest BCUT2D eigenvalue weighted by atomic mass is 10.2. The van der Waals surface area contributed by atoms with Crippen LogP contribution < -0.4 is 5.32 Å². The third kappa shape index (κ3) is 3.13. The summed E-state index contributed by atoms with van der Waals surface area (Å²) in [5, 5.41) is 4.85. The zero-order valence-electron chi connectivity index (χ0n) is 12.1. The van der Waals surface area contributed by atoms with Crippen LogP contribution in [-0.2, 0) is 15.6 Å². The summed E-state index contributed by atoms with van der Waals surface area (Å²) >= 11 is 0. The van der Waals surface area contributed by atoms with Gasteiger partial charge in [-0.2, -0.15) is 0 Å². The lowest BCUT2D eigenvalue weighted by molar-refractivity contribution is -0.117. The second kappa shape index (κ2) is 5.56. The number of aromatic nitrogens is 1. The highest BCUT2D eigenvalue weighted by Crippen LogP contribution is 2.30. The highest BCUT2D eigenvalue weighted by molar-refractivity contribution is 7.85. The number of fused-ring (bicyclic) bond motifs is 1. The number of rotatable bonds is 4. The number of nitrogens with one attached hydrogen (secondary N) is 1. The van der Waals surface area contributed by atoms with E-state index >= 15 is 0 Å². The molecule has 1 amide bonds. The molecule has 0 radical (unpaired) electrons. The standard InChI is InChI=1S/C16H18N2O2S/c1-10(2)21(20)14-6-5-12-8-15(17-9-13(12)7-14)18-16(19)11-3-4-11/h5-11H,3-4H2,1-2H3,(H,17,18,19). The van der Waals surface area contributed by atoms with Crippen molar-refractivity contribution in [2.45, 2.75) is 36.8 Å². The summed E-state index contributed by atoms with van der Waals surface area (Å²) in [5.74, 6) is 0.801. The van der Waals surface area contributed by atoms with Gasteiger partial charge in [0.1, 0.15) is 5.82 Å². The third-order valence-electron chi connectivity index (χ3n) is 3.55. The first-order chi connectivity index (χ1) is 10.0. The fourth-order valence-corrected chi connectivity index (χ4v) is 3.15. The van der Waals surface area contributed by atoms with Crippen LogP contribution in [-0.4, -0.2) is 20.3 Å². The van der Waals surface area contributed by atoms with Crippen LogP contribution in [0.2, 0.25) is 0 Å². The largest absolute Gasteiger partial charge is 0.310 e. The van der Waals surface area contributed by atoms with Crippen LogP contribution in [0.1, 0.15) is 26.7 Å². The second-order valence-corrected chi connectivity index (χ2v) is 7.70. The molecule has 21 heavy (non-hydrogen) atoms. The number of amides is 1. The molecular weight excluding hydrogens is 284 g/mol. The quantitative estimate of drug-likeness (QED) is 0.944. The number of pyridine rings is 1. The number of nitrogens with zero attached hydrogens (tertiary/aromatic N) is 1. The zero-order chi connectivity index (χ0) is 15.0. The van der Waals surface area contributed by atoms with Gasteiger partial charge in [0, 0.05) is 27.6 Å². The van der Waals surface area contributed by atoms with E-state index in [-0.39, 0.29) is 17.1 Å². The molecule has 1 aliphatic carbocycles. The normalized spacial score (nSPS) is 16.1. The average molecular weight is 302 g/mol. The number of anilines is 1. The van der Waals surface area contributed by atoms with E-state index in [1.165, 1.54) is 0 Å². The van der Waals surface area contributed by atoms with Crippen LogP contribution in [0, 0.1) is 5.92 Å².